The average molecular weight is 297 g/mol. The van der Waals surface area contributed by atoms with Gasteiger partial charge in [0.2, 0.25) is 0 Å². The summed E-state index contributed by atoms with van der Waals surface area (Å²) in [4.78, 5) is 8.54. The molecule has 0 spiro atoms. The first-order valence-corrected chi connectivity index (χ1v) is 7.58. The highest BCUT2D eigenvalue weighted by Gasteiger charge is 2.18. The number of nitrogens with two attached hydrogens (primary N) is 2. The molecule has 6 N–H and O–H groups in total. The van der Waals surface area contributed by atoms with Crippen molar-refractivity contribution < 1.29 is 5.32 Å². The van der Waals surface area contributed by atoms with Crippen molar-refractivity contribution in [1.29, 1.82) is 5.41 Å². The number of quaternary nitrogens is 1. The summed E-state index contributed by atoms with van der Waals surface area (Å²) in [5.41, 5.74) is 7.34. The number of nitrogens with zero attached hydrogens (tertiary/aromatic N) is 2. The van der Waals surface area contributed by atoms with Gasteiger partial charge in [-0.15, -0.1) is 0 Å². The first-order chi connectivity index (χ1) is 10.7. The number of nitrogen functional groups attached to an aromatic ring is 1. The molecule has 0 amide bonds. The lowest BCUT2D eigenvalue weighted by atomic mass is 10.1. The number of nitrogens with one attached hydrogen (secondary N) is 2. The Morgan fingerprint density at radius 3 is 3.05 bits per heavy atom. The number of anilines is 2. The van der Waals surface area contributed by atoms with Crippen molar-refractivity contribution in [2.75, 3.05) is 24.1 Å². The predicted molar refractivity (Wildman–Crippen MR) is 87.1 cm³/mol. The predicted octanol–water partition coefficient (Wildman–Crippen LogP) is 0.613. The molecule has 1 unspecified atom stereocenters. The third kappa shape index (κ3) is 3.23. The van der Waals surface area contributed by atoms with Crippen LogP contribution in [0.15, 0.2) is 36.5 Å². The van der Waals surface area contributed by atoms with Crippen molar-refractivity contribution in [2.45, 2.75) is 18.9 Å². The molecule has 6 nitrogen and oxygen atoms in total. The van der Waals surface area contributed by atoms with E-state index in [9.17, 15) is 0 Å². The third-order valence-corrected chi connectivity index (χ3v) is 3.94. The molecule has 1 aliphatic rings. The second-order valence-corrected chi connectivity index (χ2v) is 5.53. The van der Waals surface area contributed by atoms with E-state index in [0.717, 1.165) is 12.4 Å². The number of rotatable bonds is 5. The van der Waals surface area contributed by atoms with Crippen LogP contribution >= 0.6 is 0 Å². The second-order valence-electron chi connectivity index (χ2n) is 5.53. The number of aromatic nitrogens is 2. The zero-order valence-corrected chi connectivity index (χ0v) is 12.4. The Kier molecular flexibility index (Phi) is 4.29. The van der Waals surface area contributed by atoms with Gasteiger partial charge >= 0.3 is 0 Å². The minimum Gasteiger partial charge on any atom is -0.383 e. The molecular weight excluding hydrogens is 276 g/mol. The van der Waals surface area contributed by atoms with Crippen molar-refractivity contribution in [3.05, 3.63) is 47.8 Å². The Labute approximate surface area is 129 Å². The van der Waals surface area contributed by atoms with Crippen molar-refractivity contribution in [3.8, 4) is 0 Å². The molecule has 1 atom stereocenters. The number of hydrogen-bond donors (Lipinski definition) is 4. The summed E-state index contributed by atoms with van der Waals surface area (Å²) < 4.78 is 0. The fraction of sp³-hybridized carbons (Fsp3) is 0.312. The van der Waals surface area contributed by atoms with Crippen molar-refractivity contribution in [1.82, 2.24) is 9.97 Å². The van der Waals surface area contributed by atoms with E-state index in [1.165, 1.54) is 19.4 Å². The van der Waals surface area contributed by atoms with Crippen LogP contribution in [-0.4, -0.2) is 34.8 Å². The molecule has 114 valence electrons. The molecular formula is C16H21N6+. The van der Waals surface area contributed by atoms with E-state index in [1.807, 2.05) is 18.2 Å². The fourth-order valence-electron chi connectivity index (χ4n) is 2.71. The van der Waals surface area contributed by atoms with E-state index in [-0.39, 0.29) is 0 Å². The van der Waals surface area contributed by atoms with Crippen LogP contribution in [0, 0.1) is 5.41 Å². The van der Waals surface area contributed by atoms with Crippen LogP contribution in [0.4, 0.5) is 11.6 Å². The van der Waals surface area contributed by atoms with Gasteiger partial charge in [0.05, 0.1) is 24.5 Å². The van der Waals surface area contributed by atoms with Gasteiger partial charge in [-0.2, -0.15) is 0 Å². The van der Waals surface area contributed by atoms with Crippen molar-refractivity contribution in [2.24, 2.45) is 0 Å². The monoisotopic (exact) mass is 297 g/mol. The lowest BCUT2D eigenvalue weighted by molar-refractivity contribution is -0.666. The molecule has 3 heterocycles. The molecule has 0 radical (unpaired) electrons. The summed E-state index contributed by atoms with van der Waals surface area (Å²) in [6.07, 6.45) is 4.15. The molecule has 0 aliphatic carbocycles. The molecule has 2 aromatic heterocycles. The molecule has 0 aromatic carbocycles. The molecule has 3 rings (SSSR count). The van der Waals surface area contributed by atoms with Crippen LogP contribution in [0.25, 0.3) is 0 Å². The SMILES string of the molecule is N=C(c1cccc(NCC2CCC[NH2+]2)n1)c1cccnc1N. The first-order valence-electron chi connectivity index (χ1n) is 7.58. The summed E-state index contributed by atoms with van der Waals surface area (Å²) in [6, 6.07) is 9.85. The summed E-state index contributed by atoms with van der Waals surface area (Å²) in [5.74, 6) is 1.15. The Morgan fingerprint density at radius 1 is 1.36 bits per heavy atom. The summed E-state index contributed by atoms with van der Waals surface area (Å²) in [7, 11) is 0. The van der Waals surface area contributed by atoms with Gasteiger partial charge in [0.25, 0.3) is 0 Å². The molecule has 0 saturated carbocycles. The standard InChI is InChI=1S/C16H20N6/c17-15(12-5-3-9-20-16(12)18)13-6-1-7-14(22-13)21-10-11-4-2-8-19-11/h1,3,5-7,9,11,17,19H,2,4,8,10H2,(H2,18,20)(H,21,22)/p+1. The van der Waals surface area contributed by atoms with Crippen LogP contribution in [0.2, 0.25) is 0 Å². The van der Waals surface area contributed by atoms with Crippen molar-refractivity contribution >= 4 is 17.3 Å². The fourth-order valence-corrected chi connectivity index (χ4v) is 2.71. The Morgan fingerprint density at radius 2 is 2.27 bits per heavy atom. The van der Waals surface area contributed by atoms with E-state index in [0.29, 0.717) is 28.8 Å². The number of pyridine rings is 2. The van der Waals surface area contributed by atoms with Gasteiger partial charge in [0, 0.05) is 24.6 Å². The van der Waals surface area contributed by atoms with E-state index in [2.05, 4.69) is 20.6 Å². The molecule has 1 aliphatic heterocycles. The Hall–Kier alpha value is -2.47. The summed E-state index contributed by atoms with van der Waals surface area (Å²) >= 11 is 0. The zero-order valence-electron chi connectivity index (χ0n) is 12.4. The van der Waals surface area contributed by atoms with Crippen LogP contribution in [0.5, 0.6) is 0 Å². The van der Waals surface area contributed by atoms with Crippen LogP contribution in [0.3, 0.4) is 0 Å². The quantitative estimate of drug-likeness (QED) is 0.607. The second kappa shape index (κ2) is 6.53. The van der Waals surface area contributed by atoms with Gasteiger partial charge in [0.15, 0.2) is 0 Å². The normalized spacial score (nSPS) is 17.4. The average Bonchev–Trinajstić information content (AvgIpc) is 3.06. The van der Waals surface area contributed by atoms with Gasteiger partial charge in [-0.25, -0.2) is 9.97 Å². The minimum absolute atomic E-state index is 0.293. The van der Waals surface area contributed by atoms with E-state index in [1.54, 1.807) is 18.3 Å². The molecule has 6 heteroatoms. The van der Waals surface area contributed by atoms with Crippen LogP contribution in [0.1, 0.15) is 24.1 Å². The van der Waals surface area contributed by atoms with Gasteiger partial charge in [-0.05, 0) is 24.3 Å². The maximum atomic E-state index is 8.29. The lowest BCUT2D eigenvalue weighted by Gasteiger charge is -2.11. The first kappa shape index (κ1) is 14.5. The smallest absolute Gasteiger partial charge is 0.132 e. The Bertz CT molecular complexity index is 663. The van der Waals surface area contributed by atoms with Gasteiger partial charge < -0.3 is 16.4 Å². The highest BCUT2D eigenvalue weighted by Crippen LogP contribution is 2.14. The molecule has 22 heavy (non-hydrogen) atoms. The summed E-state index contributed by atoms with van der Waals surface area (Å²) in [6.45, 7) is 2.11. The Balaban J connectivity index is 1.73. The third-order valence-electron chi connectivity index (χ3n) is 3.94. The highest BCUT2D eigenvalue weighted by atomic mass is 15.0. The van der Waals surface area contributed by atoms with Crippen molar-refractivity contribution in [3.63, 3.8) is 0 Å². The minimum atomic E-state index is 0.293. The van der Waals surface area contributed by atoms with Gasteiger partial charge in [-0.1, -0.05) is 6.07 Å². The molecule has 1 fully saturated rings. The highest BCUT2D eigenvalue weighted by molar-refractivity contribution is 6.12. The molecule has 2 aromatic rings. The zero-order chi connectivity index (χ0) is 15.4. The van der Waals surface area contributed by atoms with E-state index < -0.39 is 0 Å². The van der Waals surface area contributed by atoms with Crippen LogP contribution in [-0.2, 0) is 0 Å². The van der Waals surface area contributed by atoms with Crippen LogP contribution < -0.4 is 16.4 Å². The molecule has 1 saturated heterocycles. The topological polar surface area (TPSA) is 104 Å². The molecule has 0 bridgehead atoms. The van der Waals surface area contributed by atoms with E-state index in [4.69, 9.17) is 11.1 Å². The lowest BCUT2D eigenvalue weighted by Crippen LogP contribution is -2.87. The maximum Gasteiger partial charge on any atom is 0.132 e. The largest absolute Gasteiger partial charge is 0.383 e. The maximum absolute atomic E-state index is 8.29. The summed E-state index contributed by atoms with van der Waals surface area (Å²) in [5, 5.41) is 14.0. The van der Waals surface area contributed by atoms with Gasteiger partial charge in [-0.3, -0.25) is 5.41 Å². The van der Waals surface area contributed by atoms with E-state index >= 15 is 0 Å². The number of hydrogen-bond acceptors (Lipinski definition) is 5. The van der Waals surface area contributed by atoms with Gasteiger partial charge in [0.1, 0.15) is 17.7 Å².